The first-order valence-electron chi connectivity index (χ1n) is 4.73. The molecule has 1 aromatic carbocycles. The molecule has 1 heterocycles. The van der Waals surface area contributed by atoms with E-state index in [-0.39, 0.29) is 0 Å². The van der Waals surface area contributed by atoms with Gasteiger partial charge in [-0.05, 0) is 24.6 Å². The number of benzene rings is 1. The van der Waals surface area contributed by atoms with Gasteiger partial charge in [-0.2, -0.15) is 0 Å². The van der Waals surface area contributed by atoms with Crippen molar-refractivity contribution in [3.63, 3.8) is 0 Å². The van der Waals surface area contributed by atoms with Crippen LogP contribution >= 0.6 is 34.5 Å². The molecule has 0 spiro atoms. The van der Waals surface area contributed by atoms with Gasteiger partial charge in [-0.25, -0.2) is 0 Å². The molecule has 2 rings (SSSR count). The normalized spacial score (nSPS) is 10.4. The highest BCUT2D eigenvalue weighted by molar-refractivity contribution is 7.09. The first-order valence-corrected chi connectivity index (χ1v) is 6.37. The minimum atomic E-state index is 0.686. The van der Waals surface area contributed by atoms with E-state index < -0.39 is 0 Å². The van der Waals surface area contributed by atoms with Gasteiger partial charge in [0, 0.05) is 16.1 Å². The molecular weight excluding hydrogens is 263 g/mol. The Hall–Kier alpha value is -0.770. The largest absolute Gasteiger partial charge is 0.379 e. The fraction of sp³-hybridized carbons (Fsp3) is 0.182. The molecule has 0 fully saturated rings. The smallest absolute Gasteiger partial charge is 0.0794 e. The number of halogens is 2. The van der Waals surface area contributed by atoms with Crippen molar-refractivity contribution in [2.45, 2.75) is 13.5 Å². The molecule has 0 unspecified atom stereocenters. The molecule has 0 bridgehead atoms. The zero-order valence-corrected chi connectivity index (χ0v) is 11.0. The number of hydrogen-bond donors (Lipinski definition) is 1. The molecule has 0 saturated carbocycles. The summed E-state index contributed by atoms with van der Waals surface area (Å²) >= 11 is 13.8. The zero-order chi connectivity index (χ0) is 11.5. The number of aryl methyl sites for hydroxylation is 1. The highest BCUT2D eigenvalue weighted by Gasteiger charge is 2.04. The number of hydrogen-bond acceptors (Lipinski definition) is 3. The monoisotopic (exact) mass is 272 g/mol. The molecule has 16 heavy (non-hydrogen) atoms. The Morgan fingerprint density at radius 2 is 2.12 bits per heavy atom. The van der Waals surface area contributed by atoms with Gasteiger partial charge >= 0.3 is 0 Å². The fourth-order valence-corrected chi connectivity index (χ4v) is 2.28. The van der Waals surface area contributed by atoms with Gasteiger partial charge in [0.1, 0.15) is 0 Å². The van der Waals surface area contributed by atoms with Crippen molar-refractivity contribution in [1.29, 1.82) is 0 Å². The second-order valence-corrected chi connectivity index (χ2v) is 5.19. The van der Waals surface area contributed by atoms with E-state index in [1.165, 1.54) is 0 Å². The average molecular weight is 273 g/mol. The molecule has 0 saturated heterocycles. The minimum absolute atomic E-state index is 0.686. The van der Waals surface area contributed by atoms with E-state index >= 15 is 0 Å². The third-order valence-electron chi connectivity index (χ3n) is 2.18. The summed E-state index contributed by atoms with van der Waals surface area (Å²) in [6, 6.07) is 3.71. The van der Waals surface area contributed by atoms with Gasteiger partial charge in [-0.15, -0.1) is 11.3 Å². The Morgan fingerprint density at radius 1 is 1.31 bits per heavy atom. The summed E-state index contributed by atoms with van der Waals surface area (Å²) in [7, 11) is 0. The molecule has 5 heteroatoms. The summed E-state index contributed by atoms with van der Waals surface area (Å²) in [6.07, 6.45) is 1.83. The molecule has 1 N–H and O–H groups in total. The standard InChI is InChI=1S/C11H10Cl2N2S/c1-7-2-10(13)11(3-9(7)12)15-5-8-4-14-6-16-8/h2-4,6,15H,5H2,1H3. The summed E-state index contributed by atoms with van der Waals surface area (Å²) in [6.45, 7) is 2.64. The van der Waals surface area contributed by atoms with Gasteiger partial charge in [-0.3, -0.25) is 4.98 Å². The van der Waals surface area contributed by atoms with Crippen LogP contribution in [0.1, 0.15) is 10.4 Å². The topological polar surface area (TPSA) is 24.9 Å². The highest BCUT2D eigenvalue weighted by Crippen LogP contribution is 2.29. The summed E-state index contributed by atoms with van der Waals surface area (Å²) in [5.41, 5.74) is 3.64. The third kappa shape index (κ3) is 2.67. The van der Waals surface area contributed by atoms with Gasteiger partial charge in [0.15, 0.2) is 0 Å². The maximum absolute atomic E-state index is 6.11. The van der Waals surface area contributed by atoms with E-state index in [4.69, 9.17) is 23.2 Å². The third-order valence-corrected chi connectivity index (χ3v) is 3.68. The number of aromatic nitrogens is 1. The minimum Gasteiger partial charge on any atom is -0.379 e. The van der Waals surface area contributed by atoms with Crippen molar-refractivity contribution in [1.82, 2.24) is 4.98 Å². The summed E-state index contributed by atoms with van der Waals surface area (Å²) < 4.78 is 0. The van der Waals surface area contributed by atoms with E-state index in [1.54, 1.807) is 16.8 Å². The Bertz CT molecular complexity index is 483. The van der Waals surface area contributed by atoms with E-state index in [0.717, 1.165) is 21.2 Å². The second-order valence-electron chi connectivity index (χ2n) is 3.40. The molecule has 2 aromatic rings. The van der Waals surface area contributed by atoms with Crippen molar-refractivity contribution < 1.29 is 0 Å². The Kier molecular flexibility index (Phi) is 3.69. The molecule has 0 amide bonds. The number of thiazole rings is 1. The molecule has 0 aliphatic carbocycles. The first kappa shape index (κ1) is 11.7. The van der Waals surface area contributed by atoms with Crippen LogP contribution in [0.3, 0.4) is 0 Å². The molecule has 0 radical (unpaired) electrons. The van der Waals surface area contributed by atoms with Gasteiger partial charge in [0.25, 0.3) is 0 Å². The average Bonchev–Trinajstić information content (AvgIpc) is 2.74. The van der Waals surface area contributed by atoms with Crippen LogP contribution in [-0.4, -0.2) is 4.98 Å². The van der Waals surface area contributed by atoms with Crippen LogP contribution in [0.2, 0.25) is 10.0 Å². The van der Waals surface area contributed by atoms with Crippen molar-refractivity contribution >= 4 is 40.2 Å². The maximum atomic E-state index is 6.11. The first-order chi connectivity index (χ1) is 7.66. The van der Waals surface area contributed by atoms with Crippen molar-refractivity contribution in [2.24, 2.45) is 0 Å². The van der Waals surface area contributed by atoms with Crippen LogP contribution in [0.25, 0.3) is 0 Å². The maximum Gasteiger partial charge on any atom is 0.0794 e. The number of nitrogens with zero attached hydrogens (tertiary/aromatic N) is 1. The molecule has 0 aliphatic rings. The van der Waals surface area contributed by atoms with Gasteiger partial charge in [-0.1, -0.05) is 23.2 Å². The number of anilines is 1. The van der Waals surface area contributed by atoms with Crippen LogP contribution in [0.5, 0.6) is 0 Å². The quantitative estimate of drug-likeness (QED) is 0.898. The molecule has 0 aliphatic heterocycles. The molecule has 0 atom stereocenters. The Morgan fingerprint density at radius 3 is 2.81 bits per heavy atom. The van der Waals surface area contributed by atoms with Crippen molar-refractivity contribution in [3.8, 4) is 0 Å². The molecular formula is C11H10Cl2N2S. The summed E-state index contributed by atoms with van der Waals surface area (Å²) in [5, 5.41) is 4.64. The van der Waals surface area contributed by atoms with E-state index in [2.05, 4.69) is 10.3 Å². The summed E-state index contributed by atoms with van der Waals surface area (Å²) in [5.74, 6) is 0. The zero-order valence-electron chi connectivity index (χ0n) is 8.63. The van der Waals surface area contributed by atoms with Crippen LogP contribution in [0.4, 0.5) is 5.69 Å². The number of nitrogens with one attached hydrogen (secondary N) is 1. The van der Waals surface area contributed by atoms with Crippen LogP contribution in [-0.2, 0) is 6.54 Å². The lowest BCUT2D eigenvalue weighted by Crippen LogP contribution is -1.98. The SMILES string of the molecule is Cc1cc(Cl)c(NCc2cncs2)cc1Cl. The van der Waals surface area contributed by atoms with Gasteiger partial charge < -0.3 is 5.32 Å². The fourth-order valence-electron chi connectivity index (χ4n) is 1.29. The van der Waals surface area contributed by atoms with E-state index in [1.807, 2.05) is 25.3 Å². The highest BCUT2D eigenvalue weighted by atomic mass is 35.5. The molecule has 84 valence electrons. The van der Waals surface area contributed by atoms with Crippen molar-refractivity contribution in [2.75, 3.05) is 5.32 Å². The Balaban J connectivity index is 2.12. The van der Waals surface area contributed by atoms with Crippen molar-refractivity contribution in [3.05, 3.63) is 44.3 Å². The van der Waals surface area contributed by atoms with E-state index in [9.17, 15) is 0 Å². The van der Waals surface area contributed by atoms with E-state index in [0.29, 0.717) is 11.6 Å². The predicted molar refractivity (Wildman–Crippen MR) is 70.6 cm³/mol. The van der Waals surface area contributed by atoms with Gasteiger partial charge in [0.2, 0.25) is 0 Å². The lowest BCUT2D eigenvalue weighted by atomic mass is 10.2. The lowest BCUT2D eigenvalue weighted by Gasteiger charge is -2.09. The summed E-state index contributed by atoms with van der Waals surface area (Å²) in [4.78, 5) is 5.17. The number of rotatable bonds is 3. The second kappa shape index (κ2) is 5.04. The predicted octanol–water partition coefficient (Wildman–Crippen LogP) is 4.37. The van der Waals surface area contributed by atoms with Crippen LogP contribution in [0.15, 0.2) is 23.8 Å². The lowest BCUT2D eigenvalue weighted by molar-refractivity contribution is 1.17. The van der Waals surface area contributed by atoms with Gasteiger partial charge in [0.05, 0.1) is 22.8 Å². The van der Waals surface area contributed by atoms with Crippen LogP contribution in [0, 0.1) is 6.92 Å². The molecule has 1 aromatic heterocycles. The Labute approximate surface area is 108 Å². The van der Waals surface area contributed by atoms with Crippen LogP contribution < -0.4 is 5.32 Å². The molecule has 2 nitrogen and oxygen atoms in total.